The number of aryl methyl sites for hydroxylation is 2. The zero-order valence-electron chi connectivity index (χ0n) is 21.4. The van der Waals surface area contributed by atoms with Gasteiger partial charge in [-0.2, -0.15) is 0 Å². The lowest BCUT2D eigenvalue weighted by Gasteiger charge is -2.33. The van der Waals surface area contributed by atoms with Gasteiger partial charge in [-0.25, -0.2) is 8.42 Å². The second-order valence-corrected chi connectivity index (χ2v) is 11.6. The Bertz CT molecular complexity index is 1330. The van der Waals surface area contributed by atoms with E-state index in [4.69, 9.17) is 0 Å². The molecule has 0 unspecified atom stereocenters. The van der Waals surface area contributed by atoms with Crippen LogP contribution in [-0.4, -0.2) is 44.8 Å². The fourth-order valence-corrected chi connectivity index (χ4v) is 5.63. The van der Waals surface area contributed by atoms with E-state index < -0.39 is 28.5 Å². The molecule has 3 rings (SSSR count). The highest BCUT2D eigenvalue weighted by Gasteiger charge is 2.33. The van der Waals surface area contributed by atoms with Crippen molar-refractivity contribution in [2.24, 2.45) is 0 Å². The monoisotopic (exact) mass is 585 g/mol. The highest BCUT2D eigenvalue weighted by molar-refractivity contribution is 9.10. The number of amides is 2. The van der Waals surface area contributed by atoms with E-state index in [-0.39, 0.29) is 17.3 Å². The number of sulfonamides is 1. The fourth-order valence-electron chi connectivity index (χ4n) is 3.95. The summed E-state index contributed by atoms with van der Waals surface area (Å²) in [6.45, 7) is 5.38. The first kappa shape index (κ1) is 28.4. The molecule has 0 saturated heterocycles. The molecule has 0 spiro atoms. The molecule has 7 nitrogen and oxygen atoms in total. The van der Waals surface area contributed by atoms with Gasteiger partial charge in [0.15, 0.2) is 0 Å². The molecule has 0 aromatic heterocycles. The van der Waals surface area contributed by atoms with Crippen LogP contribution in [0.15, 0.2) is 82.2 Å². The number of carbonyl (C=O) groups excluding carboxylic acids is 2. The third-order valence-electron chi connectivity index (χ3n) is 6.11. The highest BCUT2D eigenvalue weighted by Crippen LogP contribution is 2.26. The first-order valence-electron chi connectivity index (χ1n) is 12.0. The highest BCUT2D eigenvalue weighted by atomic mass is 79.9. The van der Waals surface area contributed by atoms with E-state index in [2.05, 4.69) is 21.2 Å². The number of benzene rings is 3. The Balaban J connectivity index is 2.04. The molecule has 37 heavy (non-hydrogen) atoms. The van der Waals surface area contributed by atoms with Crippen LogP contribution in [0.4, 0.5) is 5.69 Å². The molecule has 0 aliphatic rings. The van der Waals surface area contributed by atoms with E-state index in [1.807, 2.05) is 45.0 Å². The van der Waals surface area contributed by atoms with Gasteiger partial charge < -0.3 is 10.2 Å². The van der Waals surface area contributed by atoms with E-state index in [9.17, 15) is 18.0 Å². The topological polar surface area (TPSA) is 86.8 Å². The number of nitrogens with one attached hydrogen (secondary N) is 1. The summed E-state index contributed by atoms with van der Waals surface area (Å²) in [5, 5.41) is 2.63. The molecular formula is C28H32BrN3O4S. The predicted molar refractivity (Wildman–Crippen MR) is 150 cm³/mol. The van der Waals surface area contributed by atoms with E-state index in [0.29, 0.717) is 12.1 Å². The Morgan fingerprint density at radius 1 is 0.892 bits per heavy atom. The van der Waals surface area contributed by atoms with Crippen molar-refractivity contribution in [3.05, 3.63) is 94.0 Å². The Morgan fingerprint density at radius 2 is 1.43 bits per heavy atom. The zero-order valence-corrected chi connectivity index (χ0v) is 23.8. The number of likely N-dealkylation sites (N-methyl/N-ethyl adjacent to an activating group) is 1. The molecule has 196 valence electrons. The Labute approximate surface area is 227 Å². The number of rotatable bonds is 10. The van der Waals surface area contributed by atoms with Crippen molar-refractivity contribution < 1.29 is 18.0 Å². The van der Waals surface area contributed by atoms with Gasteiger partial charge in [-0.15, -0.1) is 0 Å². The maximum Gasteiger partial charge on any atom is 0.264 e. The Morgan fingerprint density at radius 3 is 1.95 bits per heavy atom. The quantitative estimate of drug-likeness (QED) is 0.370. The summed E-state index contributed by atoms with van der Waals surface area (Å²) < 4.78 is 29.4. The molecular weight excluding hydrogens is 554 g/mol. The Kier molecular flexibility index (Phi) is 9.50. The van der Waals surface area contributed by atoms with Crippen molar-refractivity contribution in [1.82, 2.24) is 10.2 Å². The molecule has 0 aliphatic carbocycles. The van der Waals surface area contributed by atoms with Gasteiger partial charge in [0, 0.05) is 18.1 Å². The van der Waals surface area contributed by atoms with Crippen LogP contribution < -0.4 is 9.62 Å². The minimum absolute atomic E-state index is 0.0808. The molecule has 2 amide bonds. The van der Waals surface area contributed by atoms with Crippen molar-refractivity contribution in [3.63, 3.8) is 0 Å². The number of halogens is 1. The molecule has 0 radical (unpaired) electrons. The van der Waals surface area contributed by atoms with Gasteiger partial charge in [0.25, 0.3) is 10.0 Å². The molecule has 0 heterocycles. The SMILES string of the molecule is CC[C@@H](C(=O)NC)N(Cc1ccc(C)cc1)C(=O)CN(c1ccc(Br)cc1)S(=O)(=O)c1ccc(C)cc1. The fraction of sp³-hybridized carbons (Fsp3) is 0.286. The maximum absolute atomic E-state index is 13.8. The zero-order chi connectivity index (χ0) is 27.2. The van der Waals surface area contributed by atoms with Gasteiger partial charge in [-0.05, 0) is 62.2 Å². The first-order chi connectivity index (χ1) is 17.6. The molecule has 3 aromatic rings. The molecule has 0 bridgehead atoms. The standard InChI is InChI=1S/C28H32BrN3O4S/c1-5-26(28(34)30-4)31(18-22-10-6-20(2)7-11-22)27(33)19-32(24-14-12-23(29)13-15-24)37(35,36)25-16-8-21(3)9-17-25/h6-17,26H,5,18-19H2,1-4H3,(H,30,34)/t26-/m0/s1. The lowest BCUT2D eigenvalue weighted by atomic mass is 10.1. The van der Waals surface area contributed by atoms with Crippen LogP contribution in [0, 0.1) is 13.8 Å². The minimum Gasteiger partial charge on any atom is -0.357 e. The van der Waals surface area contributed by atoms with Gasteiger partial charge >= 0.3 is 0 Å². The van der Waals surface area contributed by atoms with E-state index in [1.54, 1.807) is 36.4 Å². The largest absolute Gasteiger partial charge is 0.357 e. The lowest BCUT2D eigenvalue weighted by Crippen LogP contribution is -2.51. The lowest BCUT2D eigenvalue weighted by molar-refractivity contribution is -0.140. The smallest absolute Gasteiger partial charge is 0.264 e. The molecule has 0 saturated carbocycles. The normalized spacial score (nSPS) is 12.0. The third kappa shape index (κ3) is 6.99. The number of carbonyl (C=O) groups is 2. The van der Waals surface area contributed by atoms with Crippen LogP contribution in [0.3, 0.4) is 0 Å². The van der Waals surface area contributed by atoms with Gasteiger partial charge in [0.2, 0.25) is 11.8 Å². The van der Waals surface area contributed by atoms with Crippen molar-refractivity contribution in [3.8, 4) is 0 Å². The van der Waals surface area contributed by atoms with Gasteiger partial charge in [-0.1, -0.05) is 70.4 Å². The molecule has 9 heteroatoms. The number of anilines is 1. The summed E-state index contributed by atoms with van der Waals surface area (Å²) in [6.07, 6.45) is 0.375. The average Bonchev–Trinajstić information content (AvgIpc) is 2.88. The van der Waals surface area contributed by atoms with Crippen molar-refractivity contribution in [1.29, 1.82) is 0 Å². The molecule has 0 fully saturated rings. The van der Waals surface area contributed by atoms with Crippen LogP contribution in [0.2, 0.25) is 0 Å². The predicted octanol–water partition coefficient (Wildman–Crippen LogP) is 4.81. The van der Waals surface area contributed by atoms with Crippen LogP contribution in [-0.2, 0) is 26.2 Å². The minimum atomic E-state index is -4.08. The van der Waals surface area contributed by atoms with Crippen molar-refractivity contribution >= 4 is 43.5 Å². The number of hydrogen-bond acceptors (Lipinski definition) is 4. The van der Waals surface area contributed by atoms with Crippen LogP contribution in [0.1, 0.15) is 30.0 Å². The summed E-state index contributed by atoms with van der Waals surface area (Å²) in [5.41, 5.74) is 3.19. The second-order valence-electron chi connectivity index (χ2n) is 8.85. The summed E-state index contributed by atoms with van der Waals surface area (Å²) in [4.78, 5) is 28.1. The van der Waals surface area contributed by atoms with Gasteiger partial charge in [0.1, 0.15) is 12.6 Å². The second kappa shape index (κ2) is 12.4. The van der Waals surface area contributed by atoms with E-state index >= 15 is 0 Å². The first-order valence-corrected chi connectivity index (χ1v) is 14.2. The van der Waals surface area contributed by atoms with Crippen molar-refractivity contribution in [2.75, 3.05) is 17.9 Å². The summed E-state index contributed by atoms with van der Waals surface area (Å²) in [6, 6.07) is 20.2. The van der Waals surface area contributed by atoms with Crippen LogP contribution in [0.25, 0.3) is 0 Å². The Hall–Kier alpha value is -3.17. The molecule has 3 aromatic carbocycles. The summed E-state index contributed by atoms with van der Waals surface area (Å²) >= 11 is 3.38. The van der Waals surface area contributed by atoms with Gasteiger partial charge in [-0.3, -0.25) is 13.9 Å². The average molecular weight is 587 g/mol. The summed E-state index contributed by atoms with van der Waals surface area (Å²) in [5.74, 6) is -0.783. The van der Waals surface area contributed by atoms with E-state index in [1.165, 1.54) is 24.1 Å². The molecule has 1 atom stereocenters. The van der Waals surface area contributed by atoms with Crippen molar-refractivity contribution in [2.45, 2.75) is 44.7 Å². The molecule has 1 N–H and O–H groups in total. The number of nitrogens with zero attached hydrogens (tertiary/aromatic N) is 2. The maximum atomic E-state index is 13.8. The number of hydrogen-bond donors (Lipinski definition) is 1. The third-order valence-corrected chi connectivity index (χ3v) is 8.43. The summed E-state index contributed by atoms with van der Waals surface area (Å²) in [7, 11) is -2.56. The van der Waals surface area contributed by atoms with Gasteiger partial charge in [0.05, 0.1) is 10.6 Å². The van der Waals surface area contributed by atoms with E-state index in [0.717, 1.165) is 25.5 Å². The molecule has 0 aliphatic heterocycles. The van der Waals surface area contributed by atoms with Crippen LogP contribution >= 0.6 is 15.9 Å². The van der Waals surface area contributed by atoms with Crippen LogP contribution in [0.5, 0.6) is 0 Å².